The van der Waals surface area contributed by atoms with Crippen LogP contribution in [-0.4, -0.2) is 28.5 Å². The van der Waals surface area contributed by atoms with Crippen molar-refractivity contribution in [3.63, 3.8) is 0 Å². The number of rotatable bonds is 4. The monoisotopic (exact) mass is 524 g/mol. The summed E-state index contributed by atoms with van der Waals surface area (Å²) in [5, 5.41) is 0. The number of ether oxygens (including phenoxy) is 1. The Labute approximate surface area is 177 Å². The maximum atomic E-state index is 13.1. The van der Waals surface area contributed by atoms with Crippen molar-refractivity contribution in [2.45, 2.75) is 38.9 Å². The van der Waals surface area contributed by atoms with Gasteiger partial charge < -0.3 is 14.2 Å². The van der Waals surface area contributed by atoms with Gasteiger partial charge in [-0.3, -0.25) is 9.59 Å². The van der Waals surface area contributed by atoms with E-state index in [9.17, 15) is 27.2 Å². The van der Waals surface area contributed by atoms with E-state index in [1.165, 1.54) is 28.7 Å². The molecule has 1 unspecified atom stereocenters. The number of hydrogen-bond acceptors (Lipinski definition) is 3. The van der Waals surface area contributed by atoms with Crippen LogP contribution in [0.5, 0.6) is 5.75 Å². The van der Waals surface area contributed by atoms with E-state index in [1.807, 2.05) is 22.6 Å². The van der Waals surface area contributed by atoms with Gasteiger partial charge in [-0.1, -0.05) is 6.07 Å². The lowest BCUT2D eigenvalue weighted by molar-refractivity contribution is -0.137. The van der Waals surface area contributed by atoms with E-state index in [4.69, 9.17) is 4.74 Å². The Morgan fingerprint density at radius 2 is 1.83 bits per heavy atom. The van der Waals surface area contributed by atoms with Gasteiger partial charge in [0.25, 0.3) is 11.5 Å². The van der Waals surface area contributed by atoms with Gasteiger partial charge in [0.1, 0.15) is 21.7 Å². The number of methoxy groups -OCH3 is 1. The predicted octanol–water partition coefficient (Wildman–Crippen LogP) is 3.99. The average Bonchev–Trinajstić information content (AvgIpc) is 2.67. The topological polar surface area (TPSA) is 51.5 Å². The van der Waals surface area contributed by atoms with E-state index in [0.29, 0.717) is 3.57 Å². The van der Waals surface area contributed by atoms with Crippen LogP contribution in [0.15, 0.2) is 29.1 Å². The summed E-state index contributed by atoms with van der Waals surface area (Å²) in [5.74, 6) is -0.252. The second kappa shape index (κ2) is 7.96. The van der Waals surface area contributed by atoms with E-state index < -0.39 is 30.4 Å². The first-order chi connectivity index (χ1) is 13.6. The van der Waals surface area contributed by atoms with Gasteiger partial charge in [0.05, 0.1) is 12.7 Å². The van der Waals surface area contributed by atoms with Crippen LogP contribution in [0.1, 0.15) is 34.1 Å². The average molecular weight is 524 g/mol. The molecule has 0 aliphatic carbocycles. The highest BCUT2D eigenvalue weighted by Crippen LogP contribution is 2.32. The molecule has 10 heteroatoms. The van der Waals surface area contributed by atoms with Crippen LogP contribution >= 0.6 is 22.6 Å². The van der Waals surface area contributed by atoms with Gasteiger partial charge in [0.2, 0.25) is 0 Å². The highest BCUT2D eigenvalue weighted by molar-refractivity contribution is 14.1. The largest absolute Gasteiger partial charge is 0.495 e. The lowest BCUT2D eigenvalue weighted by atomic mass is 10.0. The molecule has 1 aromatic heterocycles. The van der Waals surface area contributed by atoms with Gasteiger partial charge in [-0.05, 0) is 52.8 Å². The Hall–Kier alpha value is -2.11. The molecule has 2 heterocycles. The molecule has 1 aliphatic rings. The van der Waals surface area contributed by atoms with Crippen LogP contribution < -0.4 is 10.3 Å². The lowest BCUT2D eigenvalue weighted by Crippen LogP contribution is -2.49. The van der Waals surface area contributed by atoms with Crippen LogP contribution in [0, 0.1) is 3.57 Å². The zero-order valence-corrected chi connectivity index (χ0v) is 17.7. The third-order valence-corrected chi connectivity index (χ3v) is 5.77. The second-order valence-electron chi connectivity index (χ2n) is 6.78. The number of amides is 1. The third kappa shape index (κ3) is 4.12. The first-order valence-electron chi connectivity index (χ1n) is 8.61. The second-order valence-corrected chi connectivity index (χ2v) is 7.86. The highest BCUT2D eigenvalue weighted by atomic mass is 127. The van der Waals surface area contributed by atoms with E-state index in [2.05, 4.69) is 0 Å². The van der Waals surface area contributed by atoms with E-state index >= 15 is 0 Å². The minimum atomic E-state index is -4.62. The number of aromatic nitrogens is 1. The normalized spacial score (nSPS) is 16.7. The predicted molar refractivity (Wildman–Crippen MR) is 106 cm³/mol. The minimum Gasteiger partial charge on any atom is -0.495 e. The molecule has 0 saturated carbocycles. The number of carbonyl (C=O) groups is 1. The van der Waals surface area contributed by atoms with Crippen molar-refractivity contribution in [3.8, 4) is 5.75 Å². The number of carbonyl (C=O) groups excluding carboxylic acids is 1. The quantitative estimate of drug-likeness (QED) is 0.449. The molecule has 0 saturated heterocycles. The molecule has 0 N–H and O–H groups in total. The van der Waals surface area contributed by atoms with Gasteiger partial charge in [0, 0.05) is 25.2 Å². The van der Waals surface area contributed by atoms with Gasteiger partial charge in [-0.15, -0.1) is 0 Å². The van der Waals surface area contributed by atoms with E-state index in [-0.39, 0.29) is 41.2 Å². The molecule has 1 amide bonds. The molecule has 1 aliphatic heterocycles. The van der Waals surface area contributed by atoms with Gasteiger partial charge in [-0.2, -0.15) is 13.2 Å². The SMILES string of the molecule is COc1cc2n(c(=O)c1I)CC(C)N(Cc1cc(CF)cc(C(F)(F)F)c1)C2=O. The zero-order valence-electron chi connectivity index (χ0n) is 15.5. The molecular formula is C19H17F4IN2O3. The van der Waals surface area contributed by atoms with Crippen LogP contribution in [0.4, 0.5) is 17.6 Å². The summed E-state index contributed by atoms with van der Waals surface area (Å²) in [6.07, 6.45) is -4.62. The summed E-state index contributed by atoms with van der Waals surface area (Å²) in [5.41, 5.74) is -1.17. The molecule has 1 atom stereocenters. The zero-order chi connectivity index (χ0) is 21.5. The molecule has 5 nitrogen and oxygen atoms in total. The molecule has 0 spiro atoms. The Bertz CT molecular complexity index is 1020. The fraction of sp³-hybridized carbons (Fsp3) is 0.368. The Morgan fingerprint density at radius 3 is 2.41 bits per heavy atom. The molecule has 0 bridgehead atoms. The summed E-state index contributed by atoms with van der Waals surface area (Å²) < 4.78 is 59.3. The number of pyridine rings is 1. The molecule has 0 radical (unpaired) electrons. The van der Waals surface area contributed by atoms with Gasteiger partial charge in [0.15, 0.2) is 0 Å². The van der Waals surface area contributed by atoms with E-state index in [0.717, 1.165) is 12.1 Å². The number of hydrogen-bond donors (Lipinski definition) is 0. The number of nitrogens with zero attached hydrogens (tertiary/aromatic N) is 2. The number of halogens is 5. The van der Waals surface area contributed by atoms with Gasteiger partial charge >= 0.3 is 6.18 Å². The Morgan fingerprint density at radius 1 is 1.17 bits per heavy atom. The lowest BCUT2D eigenvalue weighted by Gasteiger charge is -2.35. The number of benzene rings is 1. The smallest absolute Gasteiger partial charge is 0.416 e. The number of fused-ring (bicyclic) bond motifs is 1. The minimum absolute atomic E-state index is 0.100. The maximum Gasteiger partial charge on any atom is 0.416 e. The van der Waals surface area contributed by atoms with Crippen LogP contribution in [0.3, 0.4) is 0 Å². The fourth-order valence-corrected chi connectivity index (χ4v) is 4.00. The van der Waals surface area contributed by atoms with Crippen molar-refractivity contribution < 1.29 is 27.1 Å². The maximum absolute atomic E-state index is 13.1. The van der Waals surface area contributed by atoms with Crippen LogP contribution in [-0.2, 0) is 25.9 Å². The van der Waals surface area contributed by atoms with Crippen molar-refractivity contribution in [1.29, 1.82) is 0 Å². The van der Waals surface area contributed by atoms with E-state index in [1.54, 1.807) is 6.92 Å². The summed E-state index contributed by atoms with van der Waals surface area (Å²) in [6.45, 7) is 0.705. The van der Waals surface area contributed by atoms with Gasteiger partial charge in [-0.25, -0.2) is 4.39 Å². The summed E-state index contributed by atoms with van der Waals surface area (Å²) >= 11 is 1.84. The molecule has 3 rings (SSSR count). The Balaban J connectivity index is 2.01. The molecule has 29 heavy (non-hydrogen) atoms. The highest BCUT2D eigenvalue weighted by Gasteiger charge is 2.34. The summed E-state index contributed by atoms with van der Waals surface area (Å²) in [7, 11) is 1.38. The molecule has 1 aromatic carbocycles. The van der Waals surface area contributed by atoms with Crippen molar-refractivity contribution in [2.24, 2.45) is 0 Å². The summed E-state index contributed by atoms with van der Waals surface area (Å²) in [6, 6.07) is 3.98. The van der Waals surface area contributed by atoms with Crippen molar-refractivity contribution in [3.05, 3.63) is 60.6 Å². The standard InChI is InChI=1S/C19H17F4IN2O3/c1-10-8-26-14(6-15(29-2)16(24)18(26)28)17(27)25(10)9-12-3-11(7-20)4-13(5-12)19(21,22)23/h3-6,10H,7-9H2,1-2H3. The molecule has 2 aromatic rings. The first kappa shape index (κ1) is 21.6. The summed E-state index contributed by atoms with van der Waals surface area (Å²) in [4.78, 5) is 26.9. The van der Waals surface area contributed by atoms with Crippen LogP contribution in [0.2, 0.25) is 0 Å². The van der Waals surface area contributed by atoms with Crippen molar-refractivity contribution >= 4 is 28.5 Å². The fourth-order valence-electron chi connectivity index (χ4n) is 3.33. The van der Waals surface area contributed by atoms with Crippen molar-refractivity contribution in [2.75, 3.05) is 7.11 Å². The first-order valence-corrected chi connectivity index (χ1v) is 9.69. The van der Waals surface area contributed by atoms with Crippen molar-refractivity contribution in [1.82, 2.24) is 9.47 Å². The van der Waals surface area contributed by atoms with Crippen LogP contribution in [0.25, 0.3) is 0 Å². The molecule has 0 fully saturated rings. The number of alkyl halides is 4. The molecule has 156 valence electrons. The Kier molecular flexibility index (Phi) is 5.93. The molecular weight excluding hydrogens is 507 g/mol. The third-order valence-electron chi connectivity index (χ3n) is 4.77.